The van der Waals surface area contributed by atoms with Gasteiger partial charge in [0.1, 0.15) is 0 Å². The molecule has 0 aliphatic heterocycles. The smallest absolute Gasteiger partial charge is 1.00 e. The molecule has 0 saturated carbocycles. The summed E-state index contributed by atoms with van der Waals surface area (Å²) in [6.45, 7) is 14.7. The fourth-order valence-corrected chi connectivity index (χ4v) is 11.4. The van der Waals surface area contributed by atoms with Gasteiger partial charge in [-0.05, 0) is 0 Å². The minimum Gasteiger partial charge on any atom is -1.00 e. The Bertz CT molecular complexity index is 501. The Labute approximate surface area is 192 Å². The van der Waals surface area contributed by atoms with Crippen molar-refractivity contribution in [3.63, 3.8) is 0 Å². The zero-order chi connectivity index (χ0) is 18.6. The Morgan fingerprint density at radius 2 is 0.926 bits per heavy atom. The molecule has 2 aliphatic rings. The zero-order valence-corrected chi connectivity index (χ0v) is 22.1. The molecule has 0 nitrogen and oxygen atoms in total. The molecule has 3 heteroatoms. The van der Waals surface area contributed by atoms with Gasteiger partial charge in [-0.1, -0.05) is 0 Å². The Balaban J connectivity index is 0.00000338. The summed E-state index contributed by atoms with van der Waals surface area (Å²) in [5, 5.41) is 0. The van der Waals surface area contributed by atoms with Crippen molar-refractivity contribution < 1.29 is 48.0 Å². The predicted octanol–water partition coefficient (Wildman–Crippen LogP) is 2.08. The molecule has 0 saturated heterocycles. The number of hydrogen-bond acceptors (Lipinski definition) is 0. The molecule has 0 aromatic rings. The molecule has 0 fully saturated rings. The third-order valence-electron chi connectivity index (χ3n) is 7.23. The number of halogens is 2. The second-order valence-electron chi connectivity index (χ2n) is 8.63. The fourth-order valence-electron chi connectivity index (χ4n) is 5.01. The van der Waals surface area contributed by atoms with Gasteiger partial charge in [-0.2, -0.15) is 0 Å². The second-order valence-corrected chi connectivity index (χ2v) is 13.3. The van der Waals surface area contributed by atoms with Crippen molar-refractivity contribution in [1.82, 2.24) is 0 Å². The summed E-state index contributed by atoms with van der Waals surface area (Å²) < 4.78 is 0.675. The fraction of sp³-hybridized carbons (Fsp3) is 0.667. The summed E-state index contributed by atoms with van der Waals surface area (Å²) in [7, 11) is 0. The van der Waals surface area contributed by atoms with Crippen molar-refractivity contribution in [3.05, 3.63) is 48.6 Å². The topological polar surface area (TPSA) is 0 Å². The molecule has 0 N–H and O–H groups in total. The van der Waals surface area contributed by atoms with Gasteiger partial charge in [0.05, 0.1) is 0 Å². The maximum atomic E-state index is 2.60. The third-order valence-corrected chi connectivity index (χ3v) is 13.9. The standard InChI is InChI=1S/2C12H19.2ClH.Zr/c2*1-4-10-12(3,5-2)11-8-6-7-9-11;;;/h2*6-9H,4-5,10H2,1-3H3;2*1H;/q;;;;+2/p-2. The van der Waals surface area contributed by atoms with E-state index in [-0.39, 0.29) is 24.8 Å². The van der Waals surface area contributed by atoms with Crippen molar-refractivity contribution in [2.75, 3.05) is 0 Å². The first-order chi connectivity index (χ1) is 11.9. The molecule has 0 aromatic heterocycles. The van der Waals surface area contributed by atoms with Gasteiger partial charge in [0.2, 0.25) is 0 Å². The van der Waals surface area contributed by atoms with Crippen molar-refractivity contribution >= 4 is 0 Å². The molecular formula is C24H38Cl2Zr. The third kappa shape index (κ3) is 4.95. The quantitative estimate of drug-likeness (QED) is 0.442. The maximum Gasteiger partial charge on any atom is -1.00 e. The molecule has 0 aromatic carbocycles. The summed E-state index contributed by atoms with van der Waals surface area (Å²) in [5.41, 5.74) is 0.797. The van der Waals surface area contributed by atoms with Crippen LogP contribution in [0.25, 0.3) is 0 Å². The van der Waals surface area contributed by atoms with Gasteiger partial charge in [-0.3, -0.25) is 0 Å². The molecule has 0 amide bonds. The molecule has 152 valence electrons. The first-order valence-corrected chi connectivity index (χ1v) is 12.9. The molecule has 2 rings (SSSR count). The van der Waals surface area contributed by atoms with Gasteiger partial charge in [0, 0.05) is 0 Å². The van der Waals surface area contributed by atoms with Crippen LogP contribution in [0.5, 0.6) is 0 Å². The Kier molecular flexibility index (Phi) is 11.2. The van der Waals surface area contributed by atoms with E-state index in [0.29, 0.717) is 17.1 Å². The van der Waals surface area contributed by atoms with E-state index < -0.39 is 23.2 Å². The number of rotatable bonds is 10. The van der Waals surface area contributed by atoms with Gasteiger partial charge in [-0.15, -0.1) is 0 Å². The molecule has 0 heterocycles. The molecule has 27 heavy (non-hydrogen) atoms. The van der Waals surface area contributed by atoms with E-state index in [1.807, 2.05) is 0 Å². The minimum absolute atomic E-state index is 0. The van der Waals surface area contributed by atoms with Gasteiger partial charge in [0.15, 0.2) is 0 Å². The van der Waals surface area contributed by atoms with E-state index in [0.717, 1.165) is 0 Å². The molecule has 2 unspecified atom stereocenters. The first kappa shape index (κ1) is 27.4. The summed E-state index contributed by atoms with van der Waals surface area (Å²) in [6.07, 6.45) is 27.5. The van der Waals surface area contributed by atoms with Crippen LogP contribution in [0.1, 0.15) is 80.1 Å². The van der Waals surface area contributed by atoms with Crippen LogP contribution in [-0.2, 0) is 23.2 Å². The van der Waals surface area contributed by atoms with Gasteiger partial charge in [0.25, 0.3) is 0 Å². The van der Waals surface area contributed by atoms with Crippen LogP contribution < -0.4 is 24.8 Å². The summed E-state index contributed by atoms with van der Waals surface area (Å²) in [6, 6.07) is 0. The van der Waals surface area contributed by atoms with Crippen molar-refractivity contribution in [2.24, 2.45) is 10.8 Å². The largest absolute Gasteiger partial charge is 1.00 e. The van der Waals surface area contributed by atoms with Crippen molar-refractivity contribution in [2.45, 2.75) is 86.3 Å². The molecular weight excluding hydrogens is 450 g/mol. The van der Waals surface area contributed by atoms with Gasteiger partial charge >= 0.3 is 169 Å². The number of hydrogen-bond donors (Lipinski definition) is 0. The summed E-state index contributed by atoms with van der Waals surface area (Å²) in [4.78, 5) is 0. The Hall–Kier alpha value is 0.423. The van der Waals surface area contributed by atoms with Crippen LogP contribution in [0, 0.1) is 10.8 Å². The van der Waals surface area contributed by atoms with Crippen LogP contribution in [0.15, 0.2) is 48.6 Å². The van der Waals surface area contributed by atoms with E-state index in [1.54, 1.807) is 0 Å². The maximum absolute atomic E-state index is 2.60. The average molecular weight is 489 g/mol. The molecule has 2 atom stereocenters. The van der Waals surface area contributed by atoms with Gasteiger partial charge < -0.3 is 24.8 Å². The normalized spacial score (nSPS) is 22.4. The molecule has 0 bridgehead atoms. The first-order valence-electron chi connectivity index (χ1n) is 10.4. The van der Waals surface area contributed by atoms with Crippen molar-refractivity contribution in [1.29, 1.82) is 0 Å². The van der Waals surface area contributed by atoms with Crippen LogP contribution in [0.4, 0.5) is 0 Å². The SMILES string of the molecule is CCCC(C)(CC)[C]1([Zr+2][C]2(C(C)(CC)CCC)C=CC=C2)C=CC=C1.[Cl-].[Cl-]. The average Bonchev–Trinajstić information content (AvgIpc) is 3.27. The van der Waals surface area contributed by atoms with E-state index >= 15 is 0 Å². The molecule has 0 spiro atoms. The van der Waals surface area contributed by atoms with E-state index in [4.69, 9.17) is 0 Å². The molecule has 0 radical (unpaired) electrons. The zero-order valence-electron chi connectivity index (χ0n) is 18.1. The predicted molar refractivity (Wildman–Crippen MR) is 109 cm³/mol. The summed E-state index contributed by atoms with van der Waals surface area (Å²) >= 11 is -0.842. The minimum atomic E-state index is -0.842. The Morgan fingerprint density at radius 1 is 0.630 bits per heavy atom. The number of allylic oxidation sites excluding steroid dienone is 8. The van der Waals surface area contributed by atoms with Crippen LogP contribution in [-0.4, -0.2) is 0 Å². The van der Waals surface area contributed by atoms with E-state index in [1.165, 1.54) is 38.5 Å². The van der Waals surface area contributed by atoms with Crippen LogP contribution in [0.3, 0.4) is 0 Å². The summed E-state index contributed by atoms with van der Waals surface area (Å²) in [5.74, 6) is 0. The Morgan fingerprint density at radius 3 is 1.15 bits per heavy atom. The molecule has 2 aliphatic carbocycles. The van der Waals surface area contributed by atoms with Crippen LogP contribution >= 0.6 is 0 Å². The van der Waals surface area contributed by atoms with Crippen LogP contribution in [0.2, 0.25) is 6.25 Å². The van der Waals surface area contributed by atoms with Crippen molar-refractivity contribution in [3.8, 4) is 0 Å². The van der Waals surface area contributed by atoms with E-state index in [2.05, 4.69) is 90.2 Å². The van der Waals surface area contributed by atoms with Gasteiger partial charge in [-0.25, -0.2) is 0 Å². The monoisotopic (exact) mass is 486 g/mol. The second kappa shape index (κ2) is 11.0. The van der Waals surface area contributed by atoms with E-state index in [9.17, 15) is 0 Å².